The maximum absolute atomic E-state index is 12.7. The van der Waals surface area contributed by atoms with E-state index in [0.29, 0.717) is 16.4 Å². The molecule has 0 unspecified atom stereocenters. The van der Waals surface area contributed by atoms with Crippen LogP contribution < -0.4 is 5.32 Å². The van der Waals surface area contributed by atoms with E-state index in [2.05, 4.69) is 15.3 Å². The predicted octanol–water partition coefficient (Wildman–Crippen LogP) is 5.05. The van der Waals surface area contributed by atoms with Crippen molar-refractivity contribution < 1.29 is 13.2 Å². The second kappa shape index (κ2) is 5.46. The molecule has 0 fully saturated rings. The number of hydrogen-bond acceptors (Lipinski definition) is 3. The van der Waals surface area contributed by atoms with Gasteiger partial charge in [-0.05, 0) is 42.5 Å². The molecule has 0 aliphatic heterocycles. The van der Waals surface area contributed by atoms with E-state index in [4.69, 9.17) is 11.6 Å². The molecule has 0 saturated carbocycles. The summed E-state index contributed by atoms with van der Waals surface area (Å²) in [7, 11) is 0. The van der Waals surface area contributed by atoms with Crippen LogP contribution in [0, 0.1) is 0 Å². The molecule has 0 aliphatic carbocycles. The first-order chi connectivity index (χ1) is 10.4. The molecule has 0 atom stereocenters. The van der Waals surface area contributed by atoms with Gasteiger partial charge in [0.2, 0.25) is 0 Å². The maximum atomic E-state index is 12.7. The Hall–Kier alpha value is -2.34. The number of pyridine rings is 2. The van der Waals surface area contributed by atoms with Crippen LogP contribution in [0.3, 0.4) is 0 Å². The highest BCUT2D eigenvalue weighted by atomic mass is 35.5. The largest absolute Gasteiger partial charge is 0.416 e. The van der Waals surface area contributed by atoms with Crippen molar-refractivity contribution in [3.05, 3.63) is 59.2 Å². The molecule has 3 rings (SSSR count). The van der Waals surface area contributed by atoms with Crippen molar-refractivity contribution in [2.45, 2.75) is 6.18 Å². The fourth-order valence-electron chi connectivity index (χ4n) is 1.97. The fraction of sp³-hybridized carbons (Fsp3) is 0.0667. The van der Waals surface area contributed by atoms with Gasteiger partial charge in [-0.2, -0.15) is 13.2 Å². The van der Waals surface area contributed by atoms with Crippen molar-refractivity contribution in [3.8, 4) is 0 Å². The van der Waals surface area contributed by atoms with Crippen molar-refractivity contribution in [1.29, 1.82) is 0 Å². The first kappa shape index (κ1) is 14.6. The third kappa shape index (κ3) is 3.12. The summed E-state index contributed by atoms with van der Waals surface area (Å²) in [5, 5.41) is 4.20. The number of fused-ring (bicyclic) bond motifs is 1. The van der Waals surface area contributed by atoms with E-state index in [1.54, 1.807) is 30.3 Å². The molecule has 0 aliphatic rings. The van der Waals surface area contributed by atoms with Crippen LogP contribution in [0.5, 0.6) is 0 Å². The molecule has 0 spiro atoms. The Balaban J connectivity index is 1.91. The summed E-state index contributed by atoms with van der Waals surface area (Å²) in [6.07, 6.45) is -3.31. The van der Waals surface area contributed by atoms with Crippen LogP contribution >= 0.6 is 11.6 Å². The second-order valence-electron chi connectivity index (χ2n) is 4.59. The van der Waals surface area contributed by atoms with Gasteiger partial charge in [-0.1, -0.05) is 11.6 Å². The number of anilines is 2. The van der Waals surface area contributed by atoms with Crippen molar-refractivity contribution in [1.82, 2.24) is 9.97 Å². The minimum absolute atomic E-state index is 0.0793. The summed E-state index contributed by atoms with van der Waals surface area (Å²) >= 11 is 5.89. The summed E-state index contributed by atoms with van der Waals surface area (Å²) in [5.41, 5.74) is -0.0843. The van der Waals surface area contributed by atoms with Crippen molar-refractivity contribution in [2.75, 3.05) is 5.32 Å². The standard InChI is InChI=1S/C15H9ClF3N3/c16-11-2-3-12-9(7-11)1-4-13(21-12)22-14-8-10(5-6-20-14)15(17,18)19/h1-8H,(H,20,21,22). The summed E-state index contributed by atoms with van der Waals surface area (Å²) in [6.45, 7) is 0. The number of benzene rings is 1. The zero-order valence-corrected chi connectivity index (χ0v) is 11.8. The molecule has 3 aromatic rings. The molecule has 1 aromatic carbocycles. The van der Waals surface area contributed by atoms with Crippen LogP contribution in [-0.2, 0) is 6.18 Å². The van der Waals surface area contributed by atoms with E-state index >= 15 is 0 Å². The van der Waals surface area contributed by atoms with Crippen molar-refractivity contribution in [2.24, 2.45) is 0 Å². The topological polar surface area (TPSA) is 37.8 Å². The van der Waals surface area contributed by atoms with Gasteiger partial charge in [-0.15, -0.1) is 0 Å². The molecule has 0 saturated heterocycles. The lowest BCUT2D eigenvalue weighted by molar-refractivity contribution is -0.137. The van der Waals surface area contributed by atoms with E-state index in [1.165, 1.54) is 0 Å². The molecular weight excluding hydrogens is 315 g/mol. The van der Waals surface area contributed by atoms with E-state index in [-0.39, 0.29) is 5.82 Å². The van der Waals surface area contributed by atoms with E-state index in [1.807, 2.05) is 0 Å². The maximum Gasteiger partial charge on any atom is 0.416 e. The lowest BCUT2D eigenvalue weighted by Crippen LogP contribution is -2.06. The molecule has 112 valence electrons. The number of rotatable bonds is 2. The smallest absolute Gasteiger partial charge is 0.325 e. The molecule has 3 nitrogen and oxygen atoms in total. The monoisotopic (exact) mass is 323 g/mol. The number of nitrogens with zero attached hydrogens (tertiary/aromatic N) is 2. The van der Waals surface area contributed by atoms with Crippen LogP contribution in [-0.4, -0.2) is 9.97 Å². The quantitative estimate of drug-likeness (QED) is 0.717. The lowest BCUT2D eigenvalue weighted by Gasteiger charge is -2.09. The van der Waals surface area contributed by atoms with E-state index < -0.39 is 11.7 Å². The molecular formula is C15H9ClF3N3. The zero-order chi connectivity index (χ0) is 15.7. The molecule has 0 radical (unpaired) electrons. The van der Waals surface area contributed by atoms with E-state index in [9.17, 15) is 13.2 Å². The third-order valence-corrected chi connectivity index (χ3v) is 3.23. The van der Waals surface area contributed by atoms with Crippen molar-refractivity contribution >= 4 is 34.1 Å². The van der Waals surface area contributed by atoms with Crippen LogP contribution in [0.15, 0.2) is 48.7 Å². The summed E-state index contributed by atoms with van der Waals surface area (Å²) in [6, 6.07) is 10.5. The Morgan fingerprint density at radius 2 is 1.77 bits per heavy atom. The minimum Gasteiger partial charge on any atom is -0.325 e. The number of alkyl halides is 3. The predicted molar refractivity (Wildman–Crippen MR) is 79.3 cm³/mol. The summed E-state index contributed by atoms with van der Waals surface area (Å²) < 4.78 is 38.0. The average Bonchev–Trinajstić information content (AvgIpc) is 2.47. The number of hydrogen-bond donors (Lipinski definition) is 1. The molecule has 2 aromatic heterocycles. The first-order valence-electron chi connectivity index (χ1n) is 6.28. The summed E-state index contributed by atoms with van der Waals surface area (Å²) in [4.78, 5) is 8.18. The normalized spacial score (nSPS) is 11.6. The van der Waals surface area contributed by atoms with Crippen LogP contribution in [0.25, 0.3) is 10.9 Å². The van der Waals surface area contributed by atoms with Gasteiger partial charge in [0.15, 0.2) is 0 Å². The van der Waals surface area contributed by atoms with Gasteiger partial charge in [0, 0.05) is 16.6 Å². The number of aromatic nitrogens is 2. The highest BCUT2D eigenvalue weighted by Crippen LogP contribution is 2.30. The SMILES string of the molecule is FC(F)(F)c1ccnc(Nc2ccc3cc(Cl)ccc3n2)c1. The van der Waals surface area contributed by atoms with Crippen LogP contribution in [0.2, 0.25) is 5.02 Å². The highest BCUT2D eigenvalue weighted by Gasteiger charge is 2.30. The van der Waals surface area contributed by atoms with Gasteiger partial charge in [-0.25, -0.2) is 9.97 Å². The Bertz CT molecular complexity index is 834. The molecule has 1 N–H and O–H groups in total. The zero-order valence-electron chi connectivity index (χ0n) is 11.0. The average molecular weight is 324 g/mol. The van der Waals surface area contributed by atoms with Crippen molar-refractivity contribution in [3.63, 3.8) is 0 Å². The fourth-order valence-corrected chi connectivity index (χ4v) is 2.15. The molecule has 22 heavy (non-hydrogen) atoms. The Labute approximate surface area is 128 Å². The lowest BCUT2D eigenvalue weighted by atomic mass is 10.2. The highest BCUT2D eigenvalue weighted by molar-refractivity contribution is 6.31. The van der Waals surface area contributed by atoms with Gasteiger partial charge >= 0.3 is 6.18 Å². The van der Waals surface area contributed by atoms with Gasteiger partial charge < -0.3 is 5.32 Å². The Morgan fingerprint density at radius 1 is 0.955 bits per heavy atom. The Kier molecular flexibility index (Phi) is 3.62. The minimum atomic E-state index is -4.41. The van der Waals surface area contributed by atoms with Crippen LogP contribution in [0.1, 0.15) is 5.56 Å². The van der Waals surface area contributed by atoms with Gasteiger partial charge in [0.05, 0.1) is 11.1 Å². The molecule has 0 amide bonds. The number of halogens is 4. The van der Waals surface area contributed by atoms with Gasteiger partial charge in [0.1, 0.15) is 11.6 Å². The van der Waals surface area contributed by atoms with Crippen LogP contribution in [0.4, 0.5) is 24.8 Å². The third-order valence-electron chi connectivity index (χ3n) is 2.99. The van der Waals surface area contributed by atoms with E-state index in [0.717, 1.165) is 23.7 Å². The second-order valence-corrected chi connectivity index (χ2v) is 5.02. The Morgan fingerprint density at radius 3 is 2.55 bits per heavy atom. The molecule has 0 bridgehead atoms. The summed E-state index contributed by atoms with van der Waals surface area (Å²) in [5.74, 6) is 0.484. The first-order valence-corrected chi connectivity index (χ1v) is 6.66. The number of nitrogens with one attached hydrogen (secondary N) is 1. The molecule has 7 heteroatoms. The van der Waals surface area contributed by atoms with Gasteiger partial charge in [-0.3, -0.25) is 0 Å². The van der Waals surface area contributed by atoms with Gasteiger partial charge in [0.25, 0.3) is 0 Å². The molecule has 2 heterocycles.